The molecule has 126 valence electrons. The Kier molecular flexibility index (Phi) is 5.62. The molecular formula is C16H15FN2O4S. The predicted molar refractivity (Wildman–Crippen MR) is 84.1 cm³/mol. The van der Waals surface area contributed by atoms with Gasteiger partial charge in [0.05, 0.1) is 22.8 Å². The van der Waals surface area contributed by atoms with E-state index in [0.717, 1.165) is 12.5 Å². The van der Waals surface area contributed by atoms with Gasteiger partial charge in [-0.3, -0.25) is 4.98 Å². The average Bonchev–Trinajstić information content (AvgIpc) is 2.54. The average molecular weight is 350 g/mol. The van der Waals surface area contributed by atoms with Gasteiger partial charge in [-0.25, -0.2) is 12.8 Å². The fourth-order valence-corrected chi connectivity index (χ4v) is 3.39. The lowest BCUT2D eigenvalue weighted by Gasteiger charge is -2.15. The van der Waals surface area contributed by atoms with Gasteiger partial charge in [-0.15, -0.1) is 0 Å². The van der Waals surface area contributed by atoms with E-state index in [2.05, 4.69) is 4.98 Å². The number of hydrogen-bond donors (Lipinski definition) is 0. The molecule has 0 bridgehead atoms. The molecule has 0 aliphatic rings. The van der Waals surface area contributed by atoms with Crippen molar-refractivity contribution in [1.29, 1.82) is 5.26 Å². The number of sulfone groups is 1. The zero-order valence-electron chi connectivity index (χ0n) is 13.1. The molecule has 2 aromatic rings. The fourth-order valence-electron chi connectivity index (χ4n) is 2.29. The minimum absolute atomic E-state index is 0.0866. The molecule has 0 atom stereocenters. The van der Waals surface area contributed by atoms with Crippen molar-refractivity contribution in [3.63, 3.8) is 0 Å². The van der Waals surface area contributed by atoms with Gasteiger partial charge >= 0.3 is 0 Å². The van der Waals surface area contributed by atoms with E-state index in [0.29, 0.717) is 0 Å². The van der Waals surface area contributed by atoms with Crippen LogP contribution in [0.3, 0.4) is 0 Å². The maximum Gasteiger partial charge on any atom is 0.177 e. The number of ether oxygens (including phenoxy) is 2. The lowest BCUT2D eigenvalue weighted by atomic mass is 10.0. The van der Waals surface area contributed by atoms with E-state index < -0.39 is 15.7 Å². The van der Waals surface area contributed by atoms with Gasteiger partial charge in [0, 0.05) is 30.7 Å². The van der Waals surface area contributed by atoms with Crippen molar-refractivity contribution in [3.05, 3.63) is 47.4 Å². The van der Waals surface area contributed by atoms with E-state index in [-0.39, 0.29) is 40.7 Å². The van der Waals surface area contributed by atoms with Crippen molar-refractivity contribution in [2.45, 2.75) is 11.5 Å². The second kappa shape index (κ2) is 7.49. The summed E-state index contributed by atoms with van der Waals surface area (Å²) in [5, 5.41) is 9.20. The van der Waals surface area contributed by atoms with Crippen LogP contribution in [-0.2, 0) is 25.9 Å². The van der Waals surface area contributed by atoms with E-state index in [1.807, 2.05) is 0 Å². The van der Waals surface area contributed by atoms with Crippen LogP contribution in [0.2, 0.25) is 0 Å². The number of hydrogen-bond acceptors (Lipinski definition) is 6. The van der Waals surface area contributed by atoms with Crippen LogP contribution < -0.4 is 0 Å². The van der Waals surface area contributed by atoms with Crippen LogP contribution in [0, 0.1) is 17.1 Å². The summed E-state index contributed by atoms with van der Waals surface area (Å²) in [6.45, 7) is -0.279. The van der Waals surface area contributed by atoms with Crippen molar-refractivity contribution in [1.82, 2.24) is 4.98 Å². The number of rotatable bonds is 6. The zero-order valence-corrected chi connectivity index (χ0v) is 13.9. The number of nitriles is 1. The van der Waals surface area contributed by atoms with Gasteiger partial charge in [0.15, 0.2) is 9.84 Å². The standard InChI is InChI=1S/C16H15FN2O4S/c1-22-10-23-9-13-15(12-5-3-4-6-14(12)17)19-8-11(7-18)16(13)24(2,20)21/h3-6,8H,9-10H2,1-2H3. The molecular weight excluding hydrogens is 335 g/mol. The SMILES string of the molecule is COCOCc1c(-c2ccccc2F)ncc(C#N)c1S(C)(=O)=O. The van der Waals surface area contributed by atoms with Crippen LogP contribution in [0.5, 0.6) is 0 Å². The maximum atomic E-state index is 14.1. The van der Waals surface area contributed by atoms with Gasteiger partial charge in [0.1, 0.15) is 18.7 Å². The summed E-state index contributed by atoms with van der Waals surface area (Å²) in [6.07, 6.45) is 2.10. The number of aromatic nitrogens is 1. The third kappa shape index (κ3) is 3.76. The van der Waals surface area contributed by atoms with Gasteiger partial charge < -0.3 is 9.47 Å². The molecule has 1 aromatic carbocycles. The fraction of sp³-hybridized carbons (Fsp3) is 0.250. The number of nitrogens with zero attached hydrogens (tertiary/aromatic N) is 2. The van der Waals surface area contributed by atoms with E-state index in [1.54, 1.807) is 12.1 Å². The summed E-state index contributed by atoms with van der Waals surface area (Å²) in [5.41, 5.74) is 0.249. The molecule has 8 heteroatoms. The highest BCUT2D eigenvalue weighted by Gasteiger charge is 2.24. The van der Waals surface area contributed by atoms with Gasteiger partial charge in [0.25, 0.3) is 0 Å². The first-order chi connectivity index (χ1) is 11.4. The van der Waals surface area contributed by atoms with Crippen LogP contribution >= 0.6 is 0 Å². The third-order valence-corrected chi connectivity index (χ3v) is 4.40. The molecule has 24 heavy (non-hydrogen) atoms. The summed E-state index contributed by atoms with van der Waals surface area (Å²) < 4.78 is 48.5. The van der Waals surface area contributed by atoms with Crippen LogP contribution in [0.4, 0.5) is 4.39 Å². The van der Waals surface area contributed by atoms with E-state index in [9.17, 15) is 18.1 Å². The van der Waals surface area contributed by atoms with Gasteiger partial charge in [-0.05, 0) is 12.1 Å². The molecule has 0 radical (unpaired) electrons. The molecule has 0 saturated carbocycles. The zero-order chi connectivity index (χ0) is 17.7. The summed E-state index contributed by atoms with van der Waals surface area (Å²) in [4.78, 5) is 3.87. The van der Waals surface area contributed by atoms with Crippen molar-refractivity contribution in [2.75, 3.05) is 20.2 Å². The first-order valence-corrected chi connectivity index (χ1v) is 8.73. The molecule has 0 fully saturated rings. The molecule has 1 aromatic heterocycles. The predicted octanol–water partition coefficient (Wildman–Crippen LogP) is 2.28. The number of methoxy groups -OCH3 is 1. The van der Waals surface area contributed by atoms with Crippen LogP contribution in [-0.4, -0.2) is 33.6 Å². The van der Waals surface area contributed by atoms with Crippen molar-refractivity contribution in [3.8, 4) is 17.3 Å². The minimum atomic E-state index is -3.76. The lowest BCUT2D eigenvalue weighted by Crippen LogP contribution is -2.11. The normalized spacial score (nSPS) is 11.2. The van der Waals surface area contributed by atoms with E-state index in [4.69, 9.17) is 9.47 Å². The first-order valence-electron chi connectivity index (χ1n) is 6.83. The van der Waals surface area contributed by atoms with Gasteiger partial charge in [0.2, 0.25) is 0 Å². The van der Waals surface area contributed by atoms with Crippen molar-refractivity contribution >= 4 is 9.84 Å². The van der Waals surface area contributed by atoms with Crippen LogP contribution in [0.25, 0.3) is 11.3 Å². The largest absolute Gasteiger partial charge is 0.359 e. The summed E-state index contributed by atoms with van der Waals surface area (Å²) >= 11 is 0. The number of halogens is 1. The maximum absolute atomic E-state index is 14.1. The molecule has 0 unspecified atom stereocenters. The molecule has 6 nitrogen and oxygen atoms in total. The molecule has 0 aliphatic carbocycles. The van der Waals surface area contributed by atoms with Crippen LogP contribution in [0.1, 0.15) is 11.1 Å². The Balaban J connectivity index is 2.76. The number of pyridine rings is 1. The van der Waals surface area contributed by atoms with Gasteiger partial charge in [-0.1, -0.05) is 12.1 Å². The second-order valence-corrected chi connectivity index (χ2v) is 6.90. The Bertz CT molecular complexity index is 891. The Labute approximate surface area is 139 Å². The molecule has 0 amide bonds. The minimum Gasteiger partial charge on any atom is -0.359 e. The highest BCUT2D eigenvalue weighted by molar-refractivity contribution is 7.90. The quantitative estimate of drug-likeness (QED) is 0.586. The Morgan fingerprint density at radius 1 is 1.33 bits per heavy atom. The molecule has 2 rings (SSSR count). The smallest absolute Gasteiger partial charge is 0.177 e. The second-order valence-electron chi connectivity index (χ2n) is 4.95. The summed E-state index contributed by atoms with van der Waals surface area (Å²) in [5.74, 6) is -0.554. The van der Waals surface area contributed by atoms with Crippen molar-refractivity contribution < 1.29 is 22.3 Å². The van der Waals surface area contributed by atoms with Crippen molar-refractivity contribution in [2.24, 2.45) is 0 Å². The lowest BCUT2D eigenvalue weighted by molar-refractivity contribution is -0.0396. The molecule has 0 saturated heterocycles. The number of benzene rings is 1. The summed E-state index contributed by atoms with van der Waals surface area (Å²) in [7, 11) is -2.35. The van der Waals surface area contributed by atoms with E-state index >= 15 is 0 Å². The first kappa shape index (κ1) is 18.0. The third-order valence-electron chi connectivity index (χ3n) is 3.20. The molecule has 0 spiro atoms. The Morgan fingerprint density at radius 3 is 2.62 bits per heavy atom. The summed E-state index contributed by atoms with van der Waals surface area (Å²) in [6, 6.07) is 7.66. The highest BCUT2D eigenvalue weighted by Crippen LogP contribution is 2.31. The molecule has 0 aliphatic heterocycles. The highest BCUT2D eigenvalue weighted by atomic mass is 32.2. The van der Waals surface area contributed by atoms with Crippen LogP contribution in [0.15, 0.2) is 35.4 Å². The Hall–Kier alpha value is -2.34. The van der Waals surface area contributed by atoms with E-state index in [1.165, 1.54) is 25.3 Å². The monoisotopic (exact) mass is 350 g/mol. The molecule has 1 heterocycles. The molecule has 0 N–H and O–H groups in total. The van der Waals surface area contributed by atoms with Gasteiger partial charge in [-0.2, -0.15) is 5.26 Å². The Morgan fingerprint density at radius 2 is 2.04 bits per heavy atom. The topological polar surface area (TPSA) is 89.3 Å².